The van der Waals surface area contributed by atoms with Crippen molar-refractivity contribution < 1.29 is 60.8 Å². The molecule has 0 bridgehead atoms. The van der Waals surface area contributed by atoms with E-state index in [1.165, 1.54) is 0 Å². The Morgan fingerprint density at radius 3 is 1.81 bits per heavy atom. The Morgan fingerprint density at radius 2 is 1.38 bits per heavy atom. The van der Waals surface area contributed by atoms with Gasteiger partial charge in [-0.3, -0.25) is 0 Å². The normalized spacial score (nSPS) is 11.3. The van der Waals surface area contributed by atoms with Crippen LogP contribution in [0.1, 0.15) is 0 Å². The van der Waals surface area contributed by atoms with Crippen molar-refractivity contribution in [1.82, 2.24) is 0 Å². The van der Waals surface area contributed by atoms with Crippen LogP contribution in [0, 0.1) is 0 Å². The molecule has 3 aromatic carbocycles. The maximum absolute atomic E-state index is 13.4. The molecule has 0 aliphatic rings. The summed E-state index contributed by atoms with van der Waals surface area (Å²) in [6.45, 7) is 0.469. The van der Waals surface area contributed by atoms with E-state index in [4.69, 9.17) is 9.53 Å². The van der Waals surface area contributed by atoms with Crippen LogP contribution >= 0.6 is 0 Å². The summed E-state index contributed by atoms with van der Waals surface area (Å²) in [4.78, 5) is 8.00. The molecule has 0 amide bonds. The number of halogens is 2. The topological polar surface area (TPSA) is 83.5 Å². The molecule has 0 heterocycles. The van der Waals surface area contributed by atoms with Gasteiger partial charge in [0, 0.05) is 10.8 Å². The van der Waals surface area contributed by atoms with Crippen molar-refractivity contribution in [3.8, 4) is 5.75 Å². The van der Waals surface area contributed by atoms with Gasteiger partial charge in [-0.15, -0.1) is 0 Å². The third-order valence-corrected chi connectivity index (χ3v) is 4.32. The second-order valence-corrected chi connectivity index (χ2v) is 6.53. The van der Waals surface area contributed by atoms with Gasteiger partial charge >= 0.3 is 34.8 Å². The summed E-state index contributed by atoms with van der Waals surface area (Å²) in [6.07, 6.45) is 0. The zero-order chi connectivity index (χ0) is 18.7. The summed E-state index contributed by atoms with van der Waals surface area (Å²) in [6, 6.07) is 15.8. The van der Waals surface area contributed by atoms with Crippen LogP contribution in [0.5, 0.6) is 5.75 Å². The molecule has 0 fully saturated rings. The summed E-state index contributed by atoms with van der Waals surface area (Å²) in [5, 5.41) is -1.86. The summed E-state index contributed by atoms with van der Waals surface area (Å²) >= 11 is 0. The minimum atomic E-state index is -5.79. The maximum Gasteiger partial charge on any atom is 1.00 e. The van der Waals surface area contributed by atoms with Gasteiger partial charge in [0.1, 0.15) is 12.5 Å². The number of carbonyl (C=O) groups excluding carboxylic acids is 1. The summed E-state index contributed by atoms with van der Waals surface area (Å²) < 4.78 is 63.7. The second-order valence-electron chi connectivity index (χ2n) is 5.03. The molecule has 5 nitrogen and oxygen atoms in total. The van der Waals surface area contributed by atoms with Crippen LogP contribution in [-0.2, 0) is 14.9 Å². The Morgan fingerprint density at radius 1 is 0.962 bits per heavy atom. The van der Waals surface area contributed by atoms with E-state index in [-0.39, 0.29) is 35.3 Å². The van der Waals surface area contributed by atoms with Crippen molar-refractivity contribution in [3.63, 3.8) is 0 Å². The molecule has 0 saturated carbocycles. The first-order chi connectivity index (χ1) is 11.8. The number of carbonyl (C=O) groups is 1. The van der Waals surface area contributed by atoms with Gasteiger partial charge < -0.3 is 14.1 Å². The number of hydrogen-bond acceptors (Lipinski definition) is 5. The van der Waals surface area contributed by atoms with Crippen LogP contribution in [0.3, 0.4) is 0 Å². The molecular formula is C17H13F2NaO5S. The number of hydrogen-bond donors (Lipinski definition) is 0. The largest absolute Gasteiger partial charge is 1.00 e. The summed E-state index contributed by atoms with van der Waals surface area (Å²) in [5.41, 5.74) is 0. The fraction of sp³-hybridized carbons (Fsp3) is 0.118. The van der Waals surface area contributed by atoms with Crippen molar-refractivity contribution in [2.75, 3.05) is 6.61 Å². The SMILES string of the molecule is C=O.O=S(=O)([O-])C(F)(F)COc1c2ccccc2cc2ccccc12.[Na+]. The molecule has 26 heavy (non-hydrogen) atoms. The molecule has 0 aliphatic carbocycles. The first-order valence-corrected chi connectivity index (χ1v) is 8.36. The third-order valence-electron chi connectivity index (χ3n) is 3.47. The first kappa shape index (κ1) is 22.5. The van der Waals surface area contributed by atoms with Crippen molar-refractivity contribution in [3.05, 3.63) is 54.6 Å². The van der Waals surface area contributed by atoms with E-state index in [0.29, 0.717) is 10.8 Å². The quantitative estimate of drug-likeness (QED) is 0.364. The Bertz CT molecular complexity index is 954. The molecule has 0 aliphatic heterocycles. The van der Waals surface area contributed by atoms with E-state index in [9.17, 15) is 21.8 Å². The van der Waals surface area contributed by atoms with Gasteiger partial charge in [0.2, 0.25) is 0 Å². The molecule has 132 valence electrons. The smallest absolute Gasteiger partial charge is 0.743 e. The minimum absolute atomic E-state index is 0. The zero-order valence-electron chi connectivity index (χ0n) is 13.8. The van der Waals surface area contributed by atoms with E-state index in [1.807, 2.05) is 12.9 Å². The molecule has 0 saturated heterocycles. The second kappa shape index (κ2) is 8.88. The van der Waals surface area contributed by atoms with Crippen molar-refractivity contribution in [2.24, 2.45) is 0 Å². The van der Waals surface area contributed by atoms with Gasteiger partial charge in [-0.25, -0.2) is 8.42 Å². The van der Waals surface area contributed by atoms with E-state index in [1.54, 1.807) is 48.5 Å². The minimum Gasteiger partial charge on any atom is -0.743 e. The number of fused-ring (bicyclic) bond motifs is 2. The van der Waals surface area contributed by atoms with E-state index < -0.39 is 22.0 Å². The van der Waals surface area contributed by atoms with Crippen LogP contribution in [0.25, 0.3) is 21.5 Å². The average Bonchev–Trinajstić information content (AvgIpc) is 2.59. The molecule has 3 rings (SSSR count). The van der Waals surface area contributed by atoms with Crippen molar-refractivity contribution in [1.29, 1.82) is 0 Å². The van der Waals surface area contributed by atoms with Gasteiger partial charge in [0.05, 0.1) is 0 Å². The van der Waals surface area contributed by atoms with Gasteiger partial charge in [-0.2, -0.15) is 8.78 Å². The summed E-state index contributed by atoms with van der Waals surface area (Å²) in [7, 11) is -5.79. The van der Waals surface area contributed by atoms with Gasteiger partial charge in [0.25, 0.3) is 0 Å². The molecule has 3 aromatic rings. The molecule has 0 aromatic heterocycles. The summed E-state index contributed by atoms with van der Waals surface area (Å²) in [5.74, 6) is 0.127. The predicted octanol–water partition coefficient (Wildman–Crippen LogP) is 0.329. The first-order valence-electron chi connectivity index (χ1n) is 6.95. The molecule has 0 atom stereocenters. The third kappa shape index (κ3) is 4.57. The molecule has 0 radical (unpaired) electrons. The fourth-order valence-corrected chi connectivity index (χ4v) is 2.56. The number of alkyl halides is 2. The van der Waals surface area contributed by atoms with Crippen LogP contribution in [0.15, 0.2) is 54.6 Å². The zero-order valence-corrected chi connectivity index (χ0v) is 16.6. The average molecular weight is 390 g/mol. The Labute approximate surface area is 171 Å². The van der Waals surface area contributed by atoms with E-state index >= 15 is 0 Å². The number of rotatable bonds is 4. The van der Waals surface area contributed by atoms with Crippen LogP contribution < -0.4 is 34.3 Å². The van der Waals surface area contributed by atoms with Gasteiger partial charge in [-0.1, -0.05) is 48.5 Å². The molecule has 0 N–H and O–H groups in total. The Hall–Kier alpha value is -1.58. The predicted molar refractivity (Wildman–Crippen MR) is 88.7 cm³/mol. The number of benzene rings is 3. The monoisotopic (exact) mass is 390 g/mol. The number of ether oxygens (including phenoxy) is 1. The Balaban J connectivity index is 0.00000109. The molecular weight excluding hydrogens is 377 g/mol. The molecule has 0 unspecified atom stereocenters. The Kier molecular flexibility index (Phi) is 7.67. The van der Waals surface area contributed by atoms with Crippen molar-refractivity contribution >= 4 is 38.5 Å². The fourth-order valence-electron chi connectivity index (χ4n) is 2.36. The van der Waals surface area contributed by atoms with Crippen LogP contribution in [-0.4, -0.2) is 31.6 Å². The van der Waals surface area contributed by atoms with E-state index in [2.05, 4.69) is 0 Å². The van der Waals surface area contributed by atoms with Gasteiger partial charge in [0.15, 0.2) is 16.7 Å². The standard InChI is InChI=1S/C16H12F2O4S.CH2O.Na/c17-16(18,23(19,20)21)10-22-15-13-7-3-1-5-11(13)9-12-6-2-4-8-14(12)15;1-2;/h1-9H,10H2,(H,19,20,21);1H2;/q;;+1/p-1. The van der Waals surface area contributed by atoms with Crippen molar-refractivity contribution in [2.45, 2.75) is 5.25 Å². The van der Waals surface area contributed by atoms with E-state index in [0.717, 1.165) is 10.8 Å². The maximum atomic E-state index is 13.4. The molecule has 0 spiro atoms. The van der Waals surface area contributed by atoms with Crippen LogP contribution in [0.2, 0.25) is 0 Å². The molecule has 9 heteroatoms. The van der Waals surface area contributed by atoms with Crippen LogP contribution in [0.4, 0.5) is 8.78 Å². The van der Waals surface area contributed by atoms with Gasteiger partial charge in [-0.05, 0) is 16.8 Å².